The monoisotopic (exact) mass is 299 g/mol. The molecule has 0 aliphatic carbocycles. The maximum absolute atomic E-state index is 12.0. The van der Waals surface area contributed by atoms with E-state index in [9.17, 15) is 4.79 Å². The van der Waals surface area contributed by atoms with Gasteiger partial charge in [-0.1, -0.05) is 11.6 Å². The van der Waals surface area contributed by atoms with Gasteiger partial charge in [0.05, 0.1) is 17.3 Å². The summed E-state index contributed by atoms with van der Waals surface area (Å²) >= 11 is 6.01. The van der Waals surface area contributed by atoms with Crippen LogP contribution < -0.4 is 11.1 Å². The van der Waals surface area contributed by atoms with Gasteiger partial charge in [0.25, 0.3) is 0 Å². The summed E-state index contributed by atoms with van der Waals surface area (Å²) in [6, 6.07) is 5.20. The molecule has 1 amide bonds. The van der Waals surface area contributed by atoms with Gasteiger partial charge in [0.2, 0.25) is 5.91 Å². The van der Waals surface area contributed by atoms with Gasteiger partial charge in [-0.2, -0.15) is 0 Å². The van der Waals surface area contributed by atoms with E-state index in [-0.39, 0.29) is 25.1 Å². The second-order valence-corrected chi connectivity index (χ2v) is 5.34. The third kappa shape index (κ3) is 5.36. The smallest absolute Gasteiger partial charge is 0.238 e. The molecule has 0 heterocycles. The first-order chi connectivity index (χ1) is 9.43. The van der Waals surface area contributed by atoms with Crippen LogP contribution in [0.3, 0.4) is 0 Å². The standard InChI is InChI=1S/C14H22ClN3O2/c1-10(2)18(6-3-7-19)9-14(20)17-13-5-4-11(16)8-12(13)15/h4-5,8,10,19H,3,6-7,9,16H2,1-2H3,(H,17,20). The summed E-state index contributed by atoms with van der Waals surface area (Å²) in [5.41, 5.74) is 6.71. The first-order valence-electron chi connectivity index (χ1n) is 6.63. The van der Waals surface area contributed by atoms with Crippen molar-refractivity contribution in [2.24, 2.45) is 0 Å². The molecule has 1 rings (SSSR count). The molecule has 0 saturated heterocycles. The summed E-state index contributed by atoms with van der Waals surface area (Å²) in [5.74, 6) is -0.136. The van der Waals surface area contributed by atoms with Gasteiger partial charge < -0.3 is 16.2 Å². The third-order valence-corrected chi connectivity index (χ3v) is 3.26. The summed E-state index contributed by atoms with van der Waals surface area (Å²) in [7, 11) is 0. The second kappa shape index (κ2) is 8.09. The molecule has 112 valence electrons. The Morgan fingerprint density at radius 1 is 1.50 bits per heavy atom. The fourth-order valence-corrected chi connectivity index (χ4v) is 2.04. The van der Waals surface area contributed by atoms with Crippen molar-refractivity contribution < 1.29 is 9.90 Å². The van der Waals surface area contributed by atoms with Gasteiger partial charge >= 0.3 is 0 Å². The van der Waals surface area contributed by atoms with Gasteiger partial charge in [0, 0.05) is 24.9 Å². The van der Waals surface area contributed by atoms with Crippen molar-refractivity contribution in [1.82, 2.24) is 4.90 Å². The summed E-state index contributed by atoms with van der Waals surface area (Å²) < 4.78 is 0. The Bertz CT molecular complexity index is 452. The minimum Gasteiger partial charge on any atom is -0.399 e. The van der Waals surface area contributed by atoms with E-state index in [4.69, 9.17) is 22.4 Å². The molecule has 0 radical (unpaired) electrons. The van der Waals surface area contributed by atoms with Crippen LogP contribution in [-0.2, 0) is 4.79 Å². The largest absolute Gasteiger partial charge is 0.399 e. The number of aliphatic hydroxyl groups excluding tert-OH is 1. The van der Waals surface area contributed by atoms with Crippen molar-refractivity contribution in [3.63, 3.8) is 0 Å². The van der Waals surface area contributed by atoms with Crippen LogP contribution in [0.25, 0.3) is 0 Å². The fourth-order valence-electron chi connectivity index (χ4n) is 1.80. The Labute approximate surface area is 124 Å². The maximum atomic E-state index is 12.0. The lowest BCUT2D eigenvalue weighted by Crippen LogP contribution is -2.39. The van der Waals surface area contributed by atoms with Gasteiger partial charge in [0.15, 0.2) is 0 Å². The summed E-state index contributed by atoms with van der Waals surface area (Å²) in [5, 5.41) is 12.1. The number of carbonyl (C=O) groups excluding carboxylic acids is 1. The Morgan fingerprint density at radius 2 is 2.20 bits per heavy atom. The number of anilines is 2. The quantitative estimate of drug-likeness (QED) is 0.673. The average Bonchev–Trinajstić information content (AvgIpc) is 2.37. The lowest BCUT2D eigenvalue weighted by molar-refractivity contribution is -0.117. The number of carbonyl (C=O) groups is 1. The SMILES string of the molecule is CC(C)N(CCCO)CC(=O)Nc1ccc(N)cc1Cl. The number of hydrogen-bond donors (Lipinski definition) is 3. The van der Waals surface area contributed by atoms with Crippen LogP contribution in [0.15, 0.2) is 18.2 Å². The molecule has 0 fully saturated rings. The first kappa shape index (κ1) is 16.8. The van der Waals surface area contributed by atoms with Gasteiger partial charge in [-0.25, -0.2) is 0 Å². The van der Waals surface area contributed by atoms with E-state index in [0.717, 1.165) is 0 Å². The lowest BCUT2D eigenvalue weighted by atomic mass is 10.2. The number of benzene rings is 1. The number of amides is 1. The van der Waals surface area contributed by atoms with Crippen LogP contribution in [-0.4, -0.2) is 41.7 Å². The normalized spacial score (nSPS) is 11.1. The second-order valence-electron chi connectivity index (χ2n) is 4.93. The number of rotatable bonds is 7. The van der Waals surface area contributed by atoms with Crippen molar-refractivity contribution in [1.29, 1.82) is 0 Å². The number of nitrogens with zero attached hydrogens (tertiary/aromatic N) is 1. The number of aliphatic hydroxyl groups is 1. The highest BCUT2D eigenvalue weighted by Crippen LogP contribution is 2.23. The maximum Gasteiger partial charge on any atom is 0.238 e. The minimum absolute atomic E-state index is 0.120. The number of nitrogens with two attached hydrogens (primary N) is 1. The molecule has 0 saturated carbocycles. The number of nitrogen functional groups attached to an aromatic ring is 1. The minimum atomic E-state index is -0.136. The molecule has 6 heteroatoms. The van der Waals surface area contributed by atoms with Crippen molar-refractivity contribution in [2.75, 3.05) is 30.7 Å². The van der Waals surface area contributed by atoms with Crippen molar-refractivity contribution in [2.45, 2.75) is 26.3 Å². The fraction of sp³-hybridized carbons (Fsp3) is 0.500. The van der Waals surface area contributed by atoms with Gasteiger partial charge in [-0.15, -0.1) is 0 Å². The zero-order valence-electron chi connectivity index (χ0n) is 11.9. The molecule has 0 atom stereocenters. The predicted octanol–water partition coefficient (Wildman–Crippen LogP) is 1.95. The van der Waals surface area contributed by atoms with E-state index in [1.165, 1.54) is 0 Å². The van der Waals surface area contributed by atoms with Gasteiger partial charge in [-0.05, 0) is 38.5 Å². The van der Waals surface area contributed by atoms with Crippen LogP contribution >= 0.6 is 11.6 Å². The van der Waals surface area contributed by atoms with Crippen molar-refractivity contribution in [3.8, 4) is 0 Å². The highest BCUT2D eigenvalue weighted by molar-refractivity contribution is 6.34. The number of hydrogen-bond acceptors (Lipinski definition) is 4. The number of nitrogens with one attached hydrogen (secondary N) is 1. The summed E-state index contributed by atoms with van der Waals surface area (Å²) in [4.78, 5) is 14.0. The lowest BCUT2D eigenvalue weighted by Gasteiger charge is -2.25. The molecule has 0 spiro atoms. The van der Waals surface area contributed by atoms with E-state index >= 15 is 0 Å². The zero-order valence-corrected chi connectivity index (χ0v) is 12.7. The van der Waals surface area contributed by atoms with E-state index in [2.05, 4.69) is 5.32 Å². The van der Waals surface area contributed by atoms with Gasteiger partial charge in [-0.3, -0.25) is 9.69 Å². The predicted molar refractivity (Wildman–Crippen MR) is 82.9 cm³/mol. The molecule has 0 aliphatic rings. The Kier molecular flexibility index (Phi) is 6.78. The van der Waals surface area contributed by atoms with E-state index < -0.39 is 0 Å². The molecule has 5 nitrogen and oxygen atoms in total. The molecule has 0 aliphatic heterocycles. The van der Waals surface area contributed by atoms with Crippen molar-refractivity contribution in [3.05, 3.63) is 23.2 Å². The zero-order chi connectivity index (χ0) is 15.1. The molecule has 1 aromatic rings. The van der Waals surface area contributed by atoms with Crippen LogP contribution in [0, 0.1) is 0 Å². The summed E-state index contributed by atoms with van der Waals surface area (Å²) in [6.07, 6.45) is 0.647. The Morgan fingerprint density at radius 3 is 2.75 bits per heavy atom. The van der Waals surface area contributed by atoms with Crippen LogP contribution in [0.2, 0.25) is 5.02 Å². The average molecular weight is 300 g/mol. The topological polar surface area (TPSA) is 78.6 Å². The molecule has 0 aromatic heterocycles. The molecule has 0 bridgehead atoms. The molecule has 20 heavy (non-hydrogen) atoms. The van der Waals surface area contributed by atoms with E-state index in [1.54, 1.807) is 18.2 Å². The molecule has 0 unspecified atom stereocenters. The first-order valence-corrected chi connectivity index (χ1v) is 7.01. The van der Waals surface area contributed by atoms with Crippen LogP contribution in [0.4, 0.5) is 11.4 Å². The Balaban J connectivity index is 2.61. The van der Waals surface area contributed by atoms with E-state index in [0.29, 0.717) is 29.4 Å². The van der Waals surface area contributed by atoms with E-state index in [1.807, 2.05) is 18.7 Å². The number of halogens is 1. The molecular weight excluding hydrogens is 278 g/mol. The van der Waals surface area contributed by atoms with Crippen LogP contribution in [0.5, 0.6) is 0 Å². The van der Waals surface area contributed by atoms with Crippen molar-refractivity contribution >= 4 is 28.9 Å². The molecule has 1 aromatic carbocycles. The summed E-state index contributed by atoms with van der Waals surface area (Å²) in [6.45, 7) is 5.09. The highest BCUT2D eigenvalue weighted by atomic mass is 35.5. The molecular formula is C14H22ClN3O2. The third-order valence-electron chi connectivity index (χ3n) is 2.95. The van der Waals surface area contributed by atoms with Gasteiger partial charge in [0.1, 0.15) is 0 Å². The highest BCUT2D eigenvalue weighted by Gasteiger charge is 2.14. The van der Waals surface area contributed by atoms with Crippen LogP contribution in [0.1, 0.15) is 20.3 Å². The molecule has 4 N–H and O–H groups in total. The Hall–Kier alpha value is -1.30.